The molecule has 3 aromatic rings. The Morgan fingerprint density at radius 1 is 1.24 bits per heavy atom. The number of hydrogen-bond donors (Lipinski definition) is 4. The second-order valence-corrected chi connectivity index (χ2v) is 7.99. The summed E-state index contributed by atoms with van der Waals surface area (Å²) in [4.78, 5) is 20.3. The van der Waals surface area contributed by atoms with Gasteiger partial charge in [0.05, 0.1) is 30.7 Å². The Hall–Kier alpha value is -3.48. The van der Waals surface area contributed by atoms with E-state index in [1.165, 1.54) is 19.3 Å². The number of nitrogens with zero attached hydrogens (tertiary/aromatic N) is 2. The molecule has 4 rings (SSSR count). The lowest BCUT2D eigenvalue weighted by Crippen LogP contribution is -2.40. The summed E-state index contributed by atoms with van der Waals surface area (Å²) in [6.45, 7) is 1.10. The summed E-state index contributed by atoms with van der Waals surface area (Å²) in [5.74, 6) is -2.39. The summed E-state index contributed by atoms with van der Waals surface area (Å²) in [5.41, 5.74) is -0.705. The third-order valence-corrected chi connectivity index (χ3v) is 5.47. The van der Waals surface area contributed by atoms with Crippen LogP contribution in [0, 0.1) is 24.5 Å². The van der Waals surface area contributed by atoms with Gasteiger partial charge in [-0.05, 0) is 31.7 Å². The van der Waals surface area contributed by atoms with Gasteiger partial charge in [-0.1, -0.05) is 0 Å². The van der Waals surface area contributed by atoms with Gasteiger partial charge in [-0.3, -0.25) is 0 Å². The van der Waals surface area contributed by atoms with Crippen molar-refractivity contribution in [1.29, 1.82) is 0 Å². The predicted octanol–water partition coefficient (Wildman–Crippen LogP) is 4.42. The number of urea groups is 1. The van der Waals surface area contributed by atoms with Gasteiger partial charge in [0.25, 0.3) is 0 Å². The van der Waals surface area contributed by atoms with E-state index in [0.29, 0.717) is 12.0 Å². The van der Waals surface area contributed by atoms with E-state index in [-0.39, 0.29) is 35.2 Å². The van der Waals surface area contributed by atoms with Gasteiger partial charge in [-0.15, -0.1) is 0 Å². The maximum atomic E-state index is 14.0. The zero-order valence-electron chi connectivity index (χ0n) is 17.7. The van der Waals surface area contributed by atoms with E-state index < -0.39 is 41.2 Å². The molecule has 0 radical (unpaired) electrons. The SMILES string of the molecule is Cc1c([C@@H](NC(=O)Nc2cnc(N[C@H](CO)C3CC3)nc2)C(F)(F)F)oc2c(F)cc(F)cc12. The zero-order valence-corrected chi connectivity index (χ0v) is 17.7. The highest BCUT2D eigenvalue weighted by molar-refractivity contribution is 5.89. The van der Waals surface area contributed by atoms with Crippen molar-refractivity contribution in [3.8, 4) is 0 Å². The van der Waals surface area contributed by atoms with Gasteiger partial charge in [0.15, 0.2) is 17.4 Å². The Morgan fingerprint density at radius 3 is 2.50 bits per heavy atom. The van der Waals surface area contributed by atoms with Crippen LogP contribution >= 0.6 is 0 Å². The van der Waals surface area contributed by atoms with Crippen LogP contribution in [0.25, 0.3) is 11.0 Å². The van der Waals surface area contributed by atoms with Gasteiger partial charge in [0, 0.05) is 17.0 Å². The van der Waals surface area contributed by atoms with Crippen LogP contribution in [0.1, 0.15) is 30.2 Å². The number of furan rings is 1. The molecule has 1 aliphatic carbocycles. The largest absolute Gasteiger partial charge is 0.455 e. The third kappa shape index (κ3) is 5.03. The summed E-state index contributed by atoms with van der Waals surface area (Å²) in [6.07, 6.45) is -0.681. The van der Waals surface area contributed by atoms with Crippen LogP contribution in [0.15, 0.2) is 28.9 Å². The maximum Gasteiger partial charge on any atom is 0.416 e. The number of rotatable bonds is 7. The number of fused-ring (bicyclic) bond motifs is 1. The van der Waals surface area contributed by atoms with Crippen LogP contribution in [0.2, 0.25) is 0 Å². The topological polar surface area (TPSA) is 112 Å². The molecule has 2 amide bonds. The van der Waals surface area contributed by atoms with Gasteiger partial charge in [0.1, 0.15) is 11.6 Å². The number of carbonyl (C=O) groups excluding carboxylic acids is 1. The lowest BCUT2D eigenvalue weighted by Gasteiger charge is -2.21. The Balaban J connectivity index is 1.49. The second kappa shape index (κ2) is 9.05. The molecule has 1 aromatic carbocycles. The molecule has 1 saturated carbocycles. The molecule has 0 spiro atoms. The molecule has 1 aliphatic rings. The molecule has 2 atom stereocenters. The molecular weight excluding hydrogens is 465 g/mol. The molecule has 34 heavy (non-hydrogen) atoms. The number of aliphatic hydroxyl groups is 1. The van der Waals surface area contributed by atoms with Gasteiger partial charge >= 0.3 is 12.2 Å². The lowest BCUT2D eigenvalue weighted by molar-refractivity contribution is -0.158. The quantitative estimate of drug-likeness (QED) is 0.369. The summed E-state index contributed by atoms with van der Waals surface area (Å²) in [7, 11) is 0. The van der Waals surface area contributed by atoms with Crippen molar-refractivity contribution in [3.05, 3.63) is 47.5 Å². The fourth-order valence-corrected chi connectivity index (χ4v) is 3.58. The fourth-order valence-electron chi connectivity index (χ4n) is 3.58. The van der Waals surface area contributed by atoms with Gasteiger partial charge < -0.3 is 25.5 Å². The van der Waals surface area contributed by atoms with Crippen LogP contribution in [0.4, 0.5) is 38.4 Å². The Labute approximate surface area is 189 Å². The normalized spacial score (nSPS) is 15.7. The first kappa shape index (κ1) is 23.7. The minimum absolute atomic E-state index is 0.00499. The number of aliphatic hydroxyl groups excluding tert-OH is 1. The van der Waals surface area contributed by atoms with Crippen LogP contribution < -0.4 is 16.0 Å². The number of anilines is 2. The Bertz CT molecular complexity index is 1190. The van der Waals surface area contributed by atoms with Crippen molar-refractivity contribution >= 4 is 28.6 Å². The minimum atomic E-state index is -5.00. The van der Waals surface area contributed by atoms with Crippen molar-refractivity contribution in [2.24, 2.45) is 5.92 Å². The number of hydrogen-bond acceptors (Lipinski definition) is 6. The fraction of sp³-hybridized carbons (Fsp3) is 0.381. The monoisotopic (exact) mass is 485 g/mol. The number of amides is 2. The first-order valence-corrected chi connectivity index (χ1v) is 10.3. The smallest absolute Gasteiger partial charge is 0.416 e. The molecule has 2 aromatic heterocycles. The van der Waals surface area contributed by atoms with Gasteiger partial charge in [-0.2, -0.15) is 13.2 Å². The lowest BCUT2D eigenvalue weighted by atomic mass is 10.1. The van der Waals surface area contributed by atoms with Crippen LogP contribution in [0.3, 0.4) is 0 Å². The van der Waals surface area contributed by atoms with E-state index >= 15 is 0 Å². The molecule has 2 heterocycles. The van der Waals surface area contributed by atoms with Crippen molar-refractivity contribution in [2.75, 3.05) is 17.2 Å². The number of benzene rings is 1. The molecule has 1 fully saturated rings. The van der Waals surface area contributed by atoms with E-state index in [0.717, 1.165) is 18.9 Å². The van der Waals surface area contributed by atoms with Crippen molar-refractivity contribution < 1.29 is 36.3 Å². The van der Waals surface area contributed by atoms with Crippen molar-refractivity contribution in [1.82, 2.24) is 15.3 Å². The second-order valence-electron chi connectivity index (χ2n) is 7.99. The molecule has 8 nitrogen and oxygen atoms in total. The summed E-state index contributed by atoms with van der Waals surface area (Å²) >= 11 is 0. The standard InChI is InChI=1S/C21H20F5N5O3/c1-9-13-4-11(22)5-14(23)17(13)34-16(9)18(21(24,25)26)31-20(33)29-12-6-27-19(28-7-12)30-15(8-32)10-2-3-10/h4-7,10,15,18,32H,2-3,8H2,1H3,(H,27,28,30)(H2,29,31,33)/t15-,18-/m1/s1. The molecule has 0 bridgehead atoms. The number of nitrogens with one attached hydrogen (secondary N) is 3. The number of aryl methyl sites for hydroxylation is 1. The molecule has 0 saturated heterocycles. The number of alkyl halides is 3. The highest BCUT2D eigenvalue weighted by atomic mass is 19.4. The number of halogens is 5. The number of carbonyl (C=O) groups is 1. The van der Waals surface area contributed by atoms with Crippen LogP contribution in [-0.4, -0.2) is 39.9 Å². The summed E-state index contributed by atoms with van der Waals surface area (Å²) < 4.78 is 73.8. The highest BCUT2D eigenvalue weighted by Gasteiger charge is 2.45. The van der Waals surface area contributed by atoms with E-state index in [9.17, 15) is 31.9 Å². The van der Waals surface area contributed by atoms with Crippen molar-refractivity contribution in [2.45, 2.75) is 38.0 Å². The molecular formula is C21H20F5N5O3. The van der Waals surface area contributed by atoms with Crippen LogP contribution in [-0.2, 0) is 0 Å². The van der Waals surface area contributed by atoms with Gasteiger partial charge in [-0.25, -0.2) is 23.5 Å². The minimum Gasteiger partial charge on any atom is -0.455 e. The highest BCUT2D eigenvalue weighted by Crippen LogP contribution is 2.39. The summed E-state index contributed by atoms with van der Waals surface area (Å²) in [6, 6.07) is -2.74. The zero-order chi connectivity index (χ0) is 24.6. The first-order valence-electron chi connectivity index (χ1n) is 10.3. The van der Waals surface area contributed by atoms with Crippen molar-refractivity contribution in [3.63, 3.8) is 0 Å². The molecule has 0 unspecified atom stereocenters. The average Bonchev–Trinajstić information content (AvgIpc) is 3.55. The van der Waals surface area contributed by atoms with E-state index in [1.807, 2.05) is 0 Å². The maximum absolute atomic E-state index is 14.0. The van der Waals surface area contributed by atoms with E-state index in [2.05, 4.69) is 20.6 Å². The van der Waals surface area contributed by atoms with E-state index in [1.54, 1.807) is 5.32 Å². The average molecular weight is 485 g/mol. The Kier molecular flexibility index (Phi) is 6.30. The number of aromatic nitrogens is 2. The van der Waals surface area contributed by atoms with Crippen LogP contribution in [0.5, 0.6) is 0 Å². The molecule has 182 valence electrons. The Morgan fingerprint density at radius 2 is 1.91 bits per heavy atom. The first-order chi connectivity index (χ1) is 16.1. The molecule has 0 aliphatic heterocycles. The van der Waals surface area contributed by atoms with E-state index in [4.69, 9.17) is 4.42 Å². The third-order valence-electron chi connectivity index (χ3n) is 5.47. The molecule has 4 N–H and O–H groups in total. The molecule has 13 heteroatoms. The summed E-state index contributed by atoms with van der Waals surface area (Å²) in [5, 5.41) is 16.1. The van der Waals surface area contributed by atoms with Gasteiger partial charge in [0.2, 0.25) is 5.95 Å². The predicted molar refractivity (Wildman–Crippen MR) is 111 cm³/mol.